The SMILES string of the molecule is CC(=O)N1CCN(C(=O)C(C)OC(=O)c2ccc(Br)s2)CC1. The first-order valence-electron chi connectivity index (χ1n) is 6.89. The van der Waals surface area contributed by atoms with Gasteiger partial charge in [-0.25, -0.2) is 4.79 Å². The predicted octanol–water partition coefficient (Wildman–Crippen LogP) is 1.75. The average molecular weight is 389 g/mol. The topological polar surface area (TPSA) is 66.9 Å². The number of carbonyl (C=O) groups is 3. The number of amides is 2. The Kier molecular flexibility index (Phi) is 5.57. The number of hydrogen-bond acceptors (Lipinski definition) is 5. The highest BCUT2D eigenvalue weighted by Crippen LogP contribution is 2.23. The molecule has 1 aromatic rings. The van der Waals surface area contributed by atoms with E-state index in [1.807, 2.05) is 0 Å². The summed E-state index contributed by atoms with van der Waals surface area (Å²) in [6.45, 7) is 5.04. The second-order valence-corrected chi connectivity index (χ2v) is 7.45. The number of esters is 1. The van der Waals surface area contributed by atoms with E-state index in [-0.39, 0.29) is 11.8 Å². The summed E-state index contributed by atoms with van der Waals surface area (Å²) in [6, 6.07) is 3.41. The predicted molar refractivity (Wildman–Crippen MR) is 85.7 cm³/mol. The molecule has 0 radical (unpaired) electrons. The van der Waals surface area contributed by atoms with Gasteiger partial charge in [0.1, 0.15) is 4.88 Å². The molecule has 2 heterocycles. The molecule has 0 aromatic carbocycles. The van der Waals surface area contributed by atoms with Gasteiger partial charge in [-0.2, -0.15) is 0 Å². The van der Waals surface area contributed by atoms with E-state index in [1.165, 1.54) is 18.3 Å². The van der Waals surface area contributed by atoms with Crippen molar-refractivity contribution in [3.8, 4) is 0 Å². The highest BCUT2D eigenvalue weighted by atomic mass is 79.9. The lowest BCUT2D eigenvalue weighted by Gasteiger charge is -2.35. The summed E-state index contributed by atoms with van der Waals surface area (Å²) in [6.07, 6.45) is -0.836. The highest BCUT2D eigenvalue weighted by molar-refractivity contribution is 9.11. The third-order valence-corrected chi connectivity index (χ3v) is 5.05. The number of hydrogen-bond donors (Lipinski definition) is 0. The Bertz CT molecular complexity index is 581. The summed E-state index contributed by atoms with van der Waals surface area (Å²) < 4.78 is 6.05. The monoisotopic (exact) mass is 388 g/mol. The maximum Gasteiger partial charge on any atom is 0.349 e. The minimum atomic E-state index is -0.836. The van der Waals surface area contributed by atoms with Gasteiger partial charge in [0.2, 0.25) is 5.91 Å². The molecule has 0 aliphatic carbocycles. The molecular weight excluding hydrogens is 372 g/mol. The van der Waals surface area contributed by atoms with Gasteiger partial charge in [0.05, 0.1) is 3.79 Å². The van der Waals surface area contributed by atoms with E-state index in [4.69, 9.17) is 4.74 Å². The van der Waals surface area contributed by atoms with Gasteiger partial charge in [-0.05, 0) is 35.0 Å². The van der Waals surface area contributed by atoms with Crippen molar-refractivity contribution in [2.45, 2.75) is 20.0 Å². The van der Waals surface area contributed by atoms with Crippen LogP contribution in [0.2, 0.25) is 0 Å². The molecule has 0 spiro atoms. The molecule has 8 heteroatoms. The van der Waals surface area contributed by atoms with Crippen LogP contribution in [0.25, 0.3) is 0 Å². The lowest BCUT2D eigenvalue weighted by Crippen LogP contribution is -2.52. The molecule has 1 fully saturated rings. The van der Waals surface area contributed by atoms with E-state index < -0.39 is 12.1 Å². The largest absolute Gasteiger partial charge is 0.448 e. The normalized spacial score (nSPS) is 16.3. The molecule has 0 N–H and O–H groups in total. The number of carbonyl (C=O) groups excluding carboxylic acids is 3. The molecule has 0 saturated carbocycles. The molecule has 2 amide bonds. The molecule has 1 unspecified atom stereocenters. The van der Waals surface area contributed by atoms with Crippen molar-refractivity contribution >= 4 is 45.1 Å². The van der Waals surface area contributed by atoms with Crippen LogP contribution in [0.15, 0.2) is 15.9 Å². The lowest BCUT2D eigenvalue weighted by atomic mass is 10.2. The molecule has 22 heavy (non-hydrogen) atoms. The Morgan fingerprint density at radius 2 is 1.77 bits per heavy atom. The zero-order valence-electron chi connectivity index (χ0n) is 12.4. The van der Waals surface area contributed by atoms with Gasteiger partial charge in [0.15, 0.2) is 6.10 Å². The van der Waals surface area contributed by atoms with Crippen LogP contribution >= 0.6 is 27.3 Å². The fourth-order valence-electron chi connectivity index (χ4n) is 2.19. The van der Waals surface area contributed by atoms with E-state index in [0.717, 1.165) is 3.79 Å². The molecule has 120 valence electrons. The smallest absolute Gasteiger partial charge is 0.349 e. The Morgan fingerprint density at radius 1 is 1.18 bits per heavy atom. The molecule has 1 saturated heterocycles. The minimum absolute atomic E-state index is 0.00912. The number of nitrogens with zero attached hydrogens (tertiary/aromatic N) is 2. The molecular formula is C14H17BrN2O4S. The standard InChI is InChI=1S/C14H17BrN2O4S/c1-9(21-14(20)11-3-4-12(15)22-11)13(19)17-7-5-16(6-8-17)10(2)18/h3-4,9H,5-8H2,1-2H3. The summed E-state index contributed by atoms with van der Waals surface area (Å²) in [5.74, 6) is -0.721. The summed E-state index contributed by atoms with van der Waals surface area (Å²) in [4.78, 5) is 39.3. The first-order chi connectivity index (χ1) is 10.4. The summed E-state index contributed by atoms with van der Waals surface area (Å²) in [7, 11) is 0. The number of thiophene rings is 1. The van der Waals surface area contributed by atoms with Crippen molar-refractivity contribution < 1.29 is 19.1 Å². The molecule has 1 atom stereocenters. The summed E-state index contributed by atoms with van der Waals surface area (Å²) in [5, 5.41) is 0. The number of piperazine rings is 1. The molecule has 1 aliphatic rings. The van der Waals surface area contributed by atoms with Crippen molar-refractivity contribution in [2.75, 3.05) is 26.2 Å². The van der Waals surface area contributed by atoms with E-state index in [9.17, 15) is 14.4 Å². The van der Waals surface area contributed by atoms with Gasteiger partial charge in [0, 0.05) is 33.1 Å². The van der Waals surface area contributed by atoms with Crippen molar-refractivity contribution in [2.24, 2.45) is 0 Å². The van der Waals surface area contributed by atoms with Crippen LogP contribution in [-0.4, -0.2) is 59.9 Å². The first kappa shape index (κ1) is 17.0. The van der Waals surface area contributed by atoms with Crippen LogP contribution in [0, 0.1) is 0 Å². The quantitative estimate of drug-likeness (QED) is 0.739. The van der Waals surface area contributed by atoms with E-state index in [2.05, 4.69) is 15.9 Å². The maximum atomic E-state index is 12.3. The Labute approximate surface area is 141 Å². The van der Waals surface area contributed by atoms with E-state index in [1.54, 1.807) is 28.9 Å². The Morgan fingerprint density at radius 3 is 2.27 bits per heavy atom. The van der Waals surface area contributed by atoms with Crippen LogP contribution in [0.3, 0.4) is 0 Å². The van der Waals surface area contributed by atoms with Crippen molar-refractivity contribution in [1.82, 2.24) is 9.80 Å². The molecule has 0 bridgehead atoms. The molecule has 1 aliphatic heterocycles. The van der Waals surface area contributed by atoms with E-state index in [0.29, 0.717) is 31.1 Å². The molecule has 2 rings (SSSR count). The fraction of sp³-hybridized carbons (Fsp3) is 0.500. The number of halogens is 1. The molecule has 6 nitrogen and oxygen atoms in total. The third-order valence-electron chi connectivity index (χ3n) is 3.44. The van der Waals surface area contributed by atoms with Gasteiger partial charge in [-0.15, -0.1) is 11.3 Å². The summed E-state index contributed by atoms with van der Waals surface area (Å²) in [5.41, 5.74) is 0. The fourth-order valence-corrected chi connectivity index (χ4v) is 3.46. The second-order valence-electron chi connectivity index (χ2n) is 4.98. The zero-order valence-corrected chi connectivity index (χ0v) is 14.8. The van der Waals surface area contributed by atoms with Gasteiger partial charge < -0.3 is 14.5 Å². The number of rotatable bonds is 3. The van der Waals surface area contributed by atoms with Crippen LogP contribution < -0.4 is 0 Å². The lowest BCUT2D eigenvalue weighted by molar-refractivity contribution is -0.144. The third kappa shape index (κ3) is 4.07. The Balaban J connectivity index is 1.87. The molecule has 1 aromatic heterocycles. The number of ether oxygens (including phenoxy) is 1. The van der Waals surface area contributed by atoms with Crippen molar-refractivity contribution in [3.63, 3.8) is 0 Å². The second kappa shape index (κ2) is 7.23. The van der Waals surface area contributed by atoms with Gasteiger partial charge >= 0.3 is 5.97 Å². The Hall–Kier alpha value is -1.41. The van der Waals surface area contributed by atoms with Crippen LogP contribution in [-0.2, 0) is 14.3 Å². The van der Waals surface area contributed by atoms with Gasteiger partial charge in [0.25, 0.3) is 5.91 Å². The van der Waals surface area contributed by atoms with Crippen molar-refractivity contribution in [3.05, 3.63) is 20.8 Å². The maximum absolute atomic E-state index is 12.3. The summed E-state index contributed by atoms with van der Waals surface area (Å²) >= 11 is 4.54. The van der Waals surface area contributed by atoms with Gasteiger partial charge in [-0.3, -0.25) is 9.59 Å². The average Bonchev–Trinajstić information content (AvgIpc) is 2.93. The van der Waals surface area contributed by atoms with Crippen LogP contribution in [0.4, 0.5) is 0 Å². The van der Waals surface area contributed by atoms with Crippen LogP contribution in [0.5, 0.6) is 0 Å². The zero-order chi connectivity index (χ0) is 16.3. The minimum Gasteiger partial charge on any atom is -0.448 e. The van der Waals surface area contributed by atoms with E-state index >= 15 is 0 Å². The highest BCUT2D eigenvalue weighted by Gasteiger charge is 2.28. The van der Waals surface area contributed by atoms with Crippen molar-refractivity contribution in [1.29, 1.82) is 0 Å². The van der Waals surface area contributed by atoms with Crippen LogP contribution in [0.1, 0.15) is 23.5 Å². The van der Waals surface area contributed by atoms with Gasteiger partial charge in [-0.1, -0.05) is 0 Å². The first-order valence-corrected chi connectivity index (χ1v) is 8.50.